The van der Waals surface area contributed by atoms with E-state index in [0.717, 1.165) is 4.47 Å². The van der Waals surface area contributed by atoms with Gasteiger partial charge in [0.25, 0.3) is 0 Å². The highest BCUT2D eigenvalue weighted by Gasteiger charge is 2.11. The van der Waals surface area contributed by atoms with Gasteiger partial charge in [0.15, 0.2) is 5.82 Å². The monoisotopic (exact) mass is 282 g/mol. The summed E-state index contributed by atoms with van der Waals surface area (Å²) in [5.41, 5.74) is 0.788. The minimum atomic E-state index is -0.987. The third-order valence-electron chi connectivity index (χ3n) is 2.05. The average Bonchev–Trinajstić information content (AvgIpc) is 2.65. The zero-order valence-electron chi connectivity index (χ0n) is 8.25. The lowest BCUT2D eigenvalue weighted by Crippen LogP contribution is -2.04. The van der Waals surface area contributed by atoms with Crippen molar-refractivity contribution in [2.45, 2.75) is 6.92 Å². The van der Waals surface area contributed by atoms with Gasteiger partial charge in [-0.25, -0.2) is 4.79 Å². The summed E-state index contributed by atoms with van der Waals surface area (Å²) in [6.07, 6.45) is 0. The van der Waals surface area contributed by atoms with Gasteiger partial charge in [-0.3, -0.25) is 0 Å². The second-order valence-electron chi connectivity index (χ2n) is 3.11. The minimum absolute atomic E-state index is 0.188. The molecule has 0 unspecified atom stereocenters. The topological polar surface area (TPSA) is 80.9 Å². The Bertz CT molecular complexity index is 552. The highest BCUT2D eigenvalue weighted by Crippen LogP contribution is 2.22. The highest BCUT2D eigenvalue weighted by atomic mass is 79.9. The van der Waals surface area contributed by atoms with Crippen LogP contribution in [0.4, 0.5) is 0 Å². The van der Waals surface area contributed by atoms with Crippen LogP contribution in [0.2, 0.25) is 0 Å². The molecule has 7 heteroatoms. The molecule has 1 aromatic heterocycles. The molecule has 0 spiro atoms. The second kappa shape index (κ2) is 4.01. The van der Waals surface area contributed by atoms with Crippen LogP contribution in [0.25, 0.3) is 5.69 Å². The number of tetrazole rings is 1. The van der Waals surface area contributed by atoms with Crippen molar-refractivity contribution in [3.05, 3.63) is 34.1 Å². The summed E-state index contributed by atoms with van der Waals surface area (Å²) in [6, 6.07) is 4.67. The van der Waals surface area contributed by atoms with E-state index in [0.29, 0.717) is 11.5 Å². The Kier molecular flexibility index (Phi) is 2.69. The Hall–Kier alpha value is -1.76. The van der Waals surface area contributed by atoms with E-state index in [1.54, 1.807) is 13.0 Å². The Morgan fingerprint density at radius 2 is 2.25 bits per heavy atom. The number of hydrogen-bond acceptors (Lipinski definition) is 4. The van der Waals surface area contributed by atoms with Gasteiger partial charge in [-0.2, -0.15) is 4.68 Å². The summed E-state index contributed by atoms with van der Waals surface area (Å²) in [4.78, 5) is 10.8. The van der Waals surface area contributed by atoms with Gasteiger partial charge in [-0.15, -0.1) is 5.10 Å². The zero-order chi connectivity index (χ0) is 11.7. The summed E-state index contributed by atoms with van der Waals surface area (Å²) in [6.45, 7) is 1.74. The predicted molar refractivity (Wildman–Crippen MR) is 58.6 cm³/mol. The van der Waals surface area contributed by atoms with Crippen molar-refractivity contribution < 1.29 is 9.90 Å². The first kappa shape index (κ1) is 10.7. The van der Waals surface area contributed by atoms with E-state index in [1.807, 2.05) is 0 Å². The molecule has 16 heavy (non-hydrogen) atoms. The summed E-state index contributed by atoms with van der Waals surface area (Å²) in [7, 11) is 0. The van der Waals surface area contributed by atoms with Crippen LogP contribution in [0, 0.1) is 6.92 Å². The van der Waals surface area contributed by atoms with E-state index in [2.05, 4.69) is 31.5 Å². The van der Waals surface area contributed by atoms with Crippen LogP contribution in [-0.4, -0.2) is 31.3 Å². The zero-order valence-corrected chi connectivity index (χ0v) is 9.84. The lowest BCUT2D eigenvalue weighted by molar-refractivity contribution is 0.0697. The third kappa shape index (κ3) is 1.81. The molecule has 2 rings (SSSR count). The van der Waals surface area contributed by atoms with E-state index in [1.165, 1.54) is 16.8 Å². The van der Waals surface area contributed by atoms with Gasteiger partial charge in [0.05, 0.1) is 11.3 Å². The minimum Gasteiger partial charge on any atom is -0.478 e. The normalized spacial score (nSPS) is 10.4. The van der Waals surface area contributed by atoms with Crippen molar-refractivity contribution in [3.8, 4) is 5.69 Å². The van der Waals surface area contributed by atoms with Crippen molar-refractivity contribution in [1.82, 2.24) is 20.2 Å². The molecule has 0 aliphatic rings. The van der Waals surface area contributed by atoms with Gasteiger partial charge in [0.1, 0.15) is 0 Å². The Morgan fingerprint density at radius 1 is 1.50 bits per heavy atom. The molecule has 0 atom stereocenters. The number of carboxylic acid groups (broad SMARTS) is 1. The molecular formula is C9H7BrN4O2. The number of aromatic carboxylic acids is 1. The van der Waals surface area contributed by atoms with Crippen LogP contribution in [-0.2, 0) is 0 Å². The summed E-state index contributed by atoms with van der Waals surface area (Å²) in [5.74, 6) is -0.400. The molecule has 6 nitrogen and oxygen atoms in total. The maximum absolute atomic E-state index is 10.8. The van der Waals surface area contributed by atoms with E-state index in [4.69, 9.17) is 5.11 Å². The number of carboxylic acids is 1. The number of halogens is 1. The average molecular weight is 283 g/mol. The number of hydrogen-bond donors (Lipinski definition) is 1. The Balaban J connectivity index is 2.60. The van der Waals surface area contributed by atoms with Crippen LogP contribution >= 0.6 is 15.9 Å². The fraction of sp³-hybridized carbons (Fsp3) is 0.111. The van der Waals surface area contributed by atoms with Crippen LogP contribution in [0.3, 0.4) is 0 Å². The van der Waals surface area contributed by atoms with Crippen molar-refractivity contribution >= 4 is 21.9 Å². The highest BCUT2D eigenvalue weighted by molar-refractivity contribution is 9.10. The van der Waals surface area contributed by atoms with Gasteiger partial charge < -0.3 is 5.11 Å². The van der Waals surface area contributed by atoms with Crippen molar-refractivity contribution in [1.29, 1.82) is 0 Å². The lowest BCUT2D eigenvalue weighted by Gasteiger charge is -2.05. The molecule has 82 valence electrons. The molecule has 1 N–H and O–H groups in total. The molecule has 0 saturated carbocycles. The van der Waals surface area contributed by atoms with Crippen LogP contribution in [0.1, 0.15) is 16.2 Å². The molecule has 1 heterocycles. The summed E-state index contributed by atoms with van der Waals surface area (Å²) < 4.78 is 2.20. The number of aryl methyl sites for hydroxylation is 1. The number of aromatic nitrogens is 4. The van der Waals surface area contributed by atoms with E-state index in [9.17, 15) is 4.79 Å². The predicted octanol–water partition coefficient (Wildman–Crippen LogP) is 1.43. The van der Waals surface area contributed by atoms with Crippen LogP contribution in [0.15, 0.2) is 22.7 Å². The molecule has 0 saturated heterocycles. The maximum Gasteiger partial charge on any atom is 0.335 e. The number of rotatable bonds is 2. The summed E-state index contributed by atoms with van der Waals surface area (Å²) >= 11 is 3.33. The van der Waals surface area contributed by atoms with Crippen molar-refractivity contribution in [3.63, 3.8) is 0 Å². The van der Waals surface area contributed by atoms with Gasteiger partial charge in [0.2, 0.25) is 0 Å². The molecule has 1 aromatic carbocycles. The third-order valence-corrected chi connectivity index (χ3v) is 2.72. The number of nitrogens with zero attached hydrogens (tertiary/aromatic N) is 4. The maximum atomic E-state index is 10.8. The molecular weight excluding hydrogens is 276 g/mol. The van der Waals surface area contributed by atoms with Gasteiger partial charge in [-0.05, 0) is 51.5 Å². The van der Waals surface area contributed by atoms with Crippen LogP contribution in [0.5, 0.6) is 0 Å². The molecule has 0 fully saturated rings. The lowest BCUT2D eigenvalue weighted by atomic mass is 10.2. The van der Waals surface area contributed by atoms with Gasteiger partial charge in [0, 0.05) is 4.47 Å². The molecule has 0 amide bonds. The Morgan fingerprint density at radius 3 is 2.81 bits per heavy atom. The molecule has 0 aliphatic heterocycles. The van der Waals surface area contributed by atoms with Gasteiger partial charge >= 0.3 is 5.97 Å². The van der Waals surface area contributed by atoms with Crippen molar-refractivity contribution in [2.24, 2.45) is 0 Å². The summed E-state index contributed by atoms with van der Waals surface area (Å²) in [5, 5.41) is 19.9. The standard InChI is InChI=1S/C9H7BrN4O2/c1-5-11-12-13-14(5)8-4-6(9(15)16)2-3-7(8)10/h2-4H,1H3,(H,15,16). The first-order valence-corrected chi connectivity index (χ1v) is 5.17. The van der Waals surface area contributed by atoms with E-state index in [-0.39, 0.29) is 5.56 Å². The number of benzene rings is 1. The van der Waals surface area contributed by atoms with Crippen LogP contribution < -0.4 is 0 Å². The SMILES string of the molecule is Cc1nnnn1-c1cc(C(=O)O)ccc1Br. The largest absolute Gasteiger partial charge is 0.478 e. The quantitative estimate of drug-likeness (QED) is 0.901. The van der Waals surface area contributed by atoms with E-state index < -0.39 is 5.97 Å². The fourth-order valence-corrected chi connectivity index (χ4v) is 1.68. The number of carbonyl (C=O) groups is 1. The molecule has 0 bridgehead atoms. The van der Waals surface area contributed by atoms with Crippen molar-refractivity contribution in [2.75, 3.05) is 0 Å². The first-order valence-electron chi connectivity index (χ1n) is 4.38. The molecule has 0 aliphatic carbocycles. The second-order valence-corrected chi connectivity index (χ2v) is 3.96. The smallest absolute Gasteiger partial charge is 0.335 e. The fourth-order valence-electron chi connectivity index (χ4n) is 1.26. The van der Waals surface area contributed by atoms with E-state index >= 15 is 0 Å². The first-order chi connectivity index (χ1) is 7.59. The molecule has 0 radical (unpaired) electrons. The van der Waals surface area contributed by atoms with Gasteiger partial charge in [-0.1, -0.05) is 0 Å². The Labute approximate surface area is 99.0 Å². The molecule has 2 aromatic rings.